The van der Waals surface area contributed by atoms with Gasteiger partial charge in [0, 0.05) is 34.4 Å². The topological polar surface area (TPSA) is 124 Å². The van der Waals surface area contributed by atoms with E-state index in [9.17, 15) is 8.42 Å². The van der Waals surface area contributed by atoms with E-state index in [4.69, 9.17) is 27.2 Å². The first-order valence-corrected chi connectivity index (χ1v) is 16.4. The lowest BCUT2D eigenvalue weighted by Crippen LogP contribution is -2.50. The molecule has 43 heavy (non-hydrogen) atoms. The third kappa shape index (κ3) is 6.12. The number of hydrogen-bond donors (Lipinski definition) is 3. The van der Waals surface area contributed by atoms with Crippen molar-refractivity contribution in [2.45, 2.75) is 57.0 Å². The Morgan fingerprint density at radius 3 is 2.63 bits per heavy atom. The predicted octanol–water partition coefficient (Wildman–Crippen LogP) is 5.92. The molecule has 6 rings (SSSR count). The van der Waals surface area contributed by atoms with Gasteiger partial charge in [-0.1, -0.05) is 41.9 Å². The Labute approximate surface area is 255 Å². The smallest absolute Gasteiger partial charge is 0.237 e. The van der Waals surface area contributed by atoms with Crippen LogP contribution in [0.25, 0.3) is 27.7 Å². The standard InChI is InChI=1S/C31H34ClFN6O3S/c1-18(2)39-30-24(19-7-10-22(11-8-19)36-23-15-42-16-23)14-35-31(34)28(30)29(37-39)20-9-12-27(26(33)13-20)38-43(40,41)17-21-5-3-4-6-25(21)32/h3-7,9,12-14,18,22-23,36,38H,8,10-11,15-17H2,1-2H3,(H2,34,35)/t22-/m0/s1. The lowest BCUT2D eigenvalue weighted by atomic mass is 9.89. The van der Waals surface area contributed by atoms with Gasteiger partial charge in [0.05, 0.1) is 41.6 Å². The molecule has 0 saturated carbocycles. The number of halogens is 2. The Balaban J connectivity index is 1.32. The summed E-state index contributed by atoms with van der Waals surface area (Å²) in [6, 6.07) is 11.8. The molecule has 0 amide bonds. The van der Waals surface area contributed by atoms with Gasteiger partial charge >= 0.3 is 0 Å². The molecule has 1 aliphatic carbocycles. The van der Waals surface area contributed by atoms with Gasteiger partial charge in [0.25, 0.3) is 0 Å². The van der Waals surface area contributed by atoms with Crippen LogP contribution in [-0.2, 0) is 20.5 Å². The van der Waals surface area contributed by atoms with Crippen LogP contribution in [-0.4, -0.2) is 48.5 Å². The molecule has 0 radical (unpaired) electrons. The average Bonchev–Trinajstić information content (AvgIpc) is 3.36. The summed E-state index contributed by atoms with van der Waals surface area (Å²) in [6.45, 7) is 5.60. The highest BCUT2D eigenvalue weighted by Crippen LogP contribution is 2.40. The molecule has 226 valence electrons. The monoisotopic (exact) mass is 624 g/mol. The molecule has 4 aromatic rings. The first-order valence-electron chi connectivity index (χ1n) is 14.3. The van der Waals surface area contributed by atoms with Gasteiger partial charge in [0.15, 0.2) is 0 Å². The fraction of sp³-hybridized carbons (Fsp3) is 0.355. The number of sulfonamides is 1. The Morgan fingerprint density at radius 1 is 1.19 bits per heavy atom. The number of nitrogens with zero attached hydrogens (tertiary/aromatic N) is 3. The Kier molecular flexibility index (Phi) is 8.16. The van der Waals surface area contributed by atoms with Crippen molar-refractivity contribution < 1.29 is 17.5 Å². The van der Waals surface area contributed by atoms with Crippen molar-refractivity contribution in [2.24, 2.45) is 0 Å². The molecular formula is C31H34ClFN6O3S. The quantitative estimate of drug-likeness (QED) is 0.211. The van der Waals surface area contributed by atoms with E-state index in [1.807, 2.05) is 18.5 Å². The second-order valence-corrected chi connectivity index (χ2v) is 13.5. The number of rotatable bonds is 9. The highest BCUT2D eigenvalue weighted by Gasteiger charge is 2.27. The zero-order chi connectivity index (χ0) is 30.3. The number of nitrogen functional groups attached to an aromatic ring is 1. The molecule has 1 saturated heterocycles. The molecule has 0 bridgehead atoms. The fourth-order valence-corrected chi connectivity index (χ4v) is 7.19. The molecule has 4 N–H and O–H groups in total. The number of allylic oxidation sites excluding steroid dienone is 1. The van der Waals surface area contributed by atoms with Crippen molar-refractivity contribution in [2.75, 3.05) is 23.7 Å². The van der Waals surface area contributed by atoms with E-state index in [-0.39, 0.29) is 17.5 Å². The highest BCUT2D eigenvalue weighted by molar-refractivity contribution is 7.91. The lowest BCUT2D eigenvalue weighted by Gasteiger charge is -2.33. The molecular weight excluding hydrogens is 591 g/mol. The largest absolute Gasteiger partial charge is 0.383 e. The number of nitrogens with two attached hydrogens (primary N) is 1. The van der Waals surface area contributed by atoms with Crippen LogP contribution in [0.15, 0.2) is 54.7 Å². The number of aromatic nitrogens is 3. The van der Waals surface area contributed by atoms with E-state index in [0.29, 0.717) is 45.1 Å². The molecule has 12 heteroatoms. The zero-order valence-electron chi connectivity index (χ0n) is 24.0. The minimum Gasteiger partial charge on any atom is -0.383 e. The molecule has 2 aliphatic rings. The molecule has 0 unspecified atom stereocenters. The van der Waals surface area contributed by atoms with Gasteiger partial charge in [0.2, 0.25) is 10.0 Å². The van der Waals surface area contributed by atoms with Gasteiger partial charge in [-0.15, -0.1) is 0 Å². The van der Waals surface area contributed by atoms with E-state index in [2.05, 4.69) is 21.1 Å². The highest BCUT2D eigenvalue weighted by atomic mass is 35.5. The van der Waals surface area contributed by atoms with Gasteiger partial charge in [0.1, 0.15) is 17.3 Å². The Morgan fingerprint density at radius 2 is 1.98 bits per heavy atom. The van der Waals surface area contributed by atoms with Crippen LogP contribution in [0.3, 0.4) is 0 Å². The van der Waals surface area contributed by atoms with Gasteiger partial charge in [-0.2, -0.15) is 5.10 Å². The van der Waals surface area contributed by atoms with Crippen molar-refractivity contribution in [3.63, 3.8) is 0 Å². The molecule has 0 spiro atoms. The van der Waals surface area contributed by atoms with Crippen LogP contribution in [0.5, 0.6) is 0 Å². The maximum absolute atomic E-state index is 15.4. The van der Waals surface area contributed by atoms with E-state index in [1.165, 1.54) is 17.7 Å². The van der Waals surface area contributed by atoms with Crippen molar-refractivity contribution in [3.8, 4) is 11.3 Å². The maximum atomic E-state index is 15.4. The summed E-state index contributed by atoms with van der Waals surface area (Å²) in [5.41, 5.74) is 10.6. The van der Waals surface area contributed by atoms with Crippen LogP contribution < -0.4 is 15.8 Å². The third-order valence-electron chi connectivity index (χ3n) is 7.92. The average molecular weight is 625 g/mol. The number of benzene rings is 2. The summed E-state index contributed by atoms with van der Waals surface area (Å²) in [6.07, 6.45) is 6.84. The molecule has 3 heterocycles. The van der Waals surface area contributed by atoms with Crippen molar-refractivity contribution >= 4 is 49.6 Å². The molecule has 1 aliphatic heterocycles. The van der Waals surface area contributed by atoms with Gasteiger partial charge in [-0.05, 0) is 62.4 Å². The molecule has 2 aromatic heterocycles. The minimum atomic E-state index is -3.93. The van der Waals surface area contributed by atoms with Gasteiger partial charge in [-0.3, -0.25) is 9.40 Å². The number of anilines is 2. The van der Waals surface area contributed by atoms with Crippen LogP contribution in [0.2, 0.25) is 5.02 Å². The number of fused-ring (bicyclic) bond motifs is 1. The lowest BCUT2D eigenvalue weighted by molar-refractivity contribution is -0.0103. The van der Waals surface area contributed by atoms with Crippen LogP contribution >= 0.6 is 11.6 Å². The Hall–Kier alpha value is -3.51. The second kappa shape index (κ2) is 11.9. The zero-order valence-corrected chi connectivity index (χ0v) is 25.6. The van der Waals surface area contributed by atoms with Crippen LogP contribution in [0.4, 0.5) is 15.9 Å². The summed E-state index contributed by atoms with van der Waals surface area (Å²) in [5, 5.41) is 9.51. The van der Waals surface area contributed by atoms with E-state index in [0.717, 1.165) is 43.6 Å². The SMILES string of the molecule is CC(C)n1nc(-c2ccc(NS(=O)(=O)Cc3ccccc3Cl)c(F)c2)c2c(N)ncc(C3=CC[C@H](NC4COC4)CC3)c21. The predicted molar refractivity (Wildman–Crippen MR) is 169 cm³/mol. The fourth-order valence-electron chi connectivity index (χ4n) is 5.67. The van der Waals surface area contributed by atoms with Crippen molar-refractivity contribution in [1.82, 2.24) is 20.1 Å². The summed E-state index contributed by atoms with van der Waals surface area (Å²) in [4.78, 5) is 4.52. The first-order chi connectivity index (χ1) is 20.6. The molecule has 2 aromatic carbocycles. The summed E-state index contributed by atoms with van der Waals surface area (Å²) in [5.74, 6) is -0.823. The van der Waals surface area contributed by atoms with E-state index >= 15 is 4.39 Å². The van der Waals surface area contributed by atoms with Crippen molar-refractivity contribution in [1.29, 1.82) is 0 Å². The normalized spacial score (nSPS) is 17.7. The first kappa shape index (κ1) is 29.6. The minimum absolute atomic E-state index is 0.00485. The summed E-state index contributed by atoms with van der Waals surface area (Å²) in [7, 11) is -3.93. The van der Waals surface area contributed by atoms with Gasteiger partial charge in [-0.25, -0.2) is 17.8 Å². The van der Waals surface area contributed by atoms with Crippen LogP contribution in [0.1, 0.15) is 50.3 Å². The molecule has 1 atom stereocenters. The third-order valence-corrected chi connectivity index (χ3v) is 9.51. The van der Waals surface area contributed by atoms with Crippen LogP contribution in [0, 0.1) is 5.82 Å². The second-order valence-electron chi connectivity index (χ2n) is 11.4. The molecule has 1 fully saturated rings. The Bertz CT molecular complexity index is 1820. The van der Waals surface area contributed by atoms with E-state index in [1.54, 1.807) is 36.5 Å². The summed E-state index contributed by atoms with van der Waals surface area (Å²) < 4.78 is 50.6. The van der Waals surface area contributed by atoms with E-state index < -0.39 is 15.8 Å². The number of pyridine rings is 1. The maximum Gasteiger partial charge on any atom is 0.237 e. The number of ether oxygens (including phenoxy) is 1. The number of hydrogen-bond acceptors (Lipinski definition) is 7. The number of nitrogens with one attached hydrogen (secondary N) is 2. The molecule has 9 nitrogen and oxygen atoms in total. The van der Waals surface area contributed by atoms with Gasteiger partial charge < -0.3 is 15.8 Å². The van der Waals surface area contributed by atoms with Crippen molar-refractivity contribution in [3.05, 3.63) is 76.7 Å². The summed E-state index contributed by atoms with van der Waals surface area (Å²) >= 11 is 6.13.